The number of carbonyl (C=O) groups excluding carboxylic acids is 1. The van der Waals surface area contributed by atoms with Crippen molar-refractivity contribution in [1.82, 2.24) is 19.7 Å². The Morgan fingerprint density at radius 3 is 2.68 bits per heavy atom. The number of hydrogen-bond acceptors (Lipinski definition) is 5. The quantitative estimate of drug-likeness (QED) is 0.675. The van der Waals surface area contributed by atoms with Crippen LogP contribution in [0.1, 0.15) is 48.8 Å². The van der Waals surface area contributed by atoms with Gasteiger partial charge in [0.25, 0.3) is 0 Å². The summed E-state index contributed by atoms with van der Waals surface area (Å²) in [4.78, 5) is 18.6. The molecule has 6 nitrogen and oxygen atoms in total. The Bertz CT molecular complexity index is 991. The van der Waals surface area contributed by atoms with Gasteiger partial charge in [0.15, 0.2) is 0 Å². The first kappa shape index (κ1) is 17.6. The highest BCUT2D eigenvalue weighted by molar-refractivity contribution is 7.10. The molecule has 0 atom stereocenters. The Morgan fingerprint density at radius 2 is 1.86 bits per heavy atom. The zero-order chi connectivity index (χ0) is 18.9. The molecule has 1 aromatic carbocycles. The SMILES string of the molecule is O=C1CCCN1c1ccc(-c2csc(Cc3nnc4n3CCCCC4)n2)cc1. The number of anilines is 1. The van der Waals surface area contributed by atoms with E-state index in [1.807, 2.05) is 17.0 Å². The Kier molecular flexibility index (Phi) is 4.68. The van der Waals surface area contributed by atoms with Gasteiger partial charge in [-0.25, -0.2) is 4.98 Å². The van der Waals surface area contributed by atoms with Crippen molar-refractivity contribution in [2.24, 2.45) is 0 Å². The number of nitrogens with zero attached hydrogens (tertiary/aromatic N) is 5. The molecule has 2 aliphatic heterocycles. The van der Waals surface area contributed by atoms with Crippen LogP contribution in [0, 0.1) is 0 Å². The highest BCUT2D eigenvalue weighted by Gasteiger charge is 2.21. The molecular weight excluding hydrogens is 370 g/mol. The number of aryl methyl sites for hydroxylation is 1. The average molecular weight is 394 g/mol. The summed E-state index contributed by atoms with van der Waals surface area (Å²) in [5, 5.41) is 12.0. The van der Waals surface area contributed by atoms with Crippen molar-refractivity contribution in [3.05, 3.63) is 46.3 Å². The van der Waals surface area contributed by atoms with Gasteiger partial charge in [0.2, 0.25) is 5.91 Å². The lowest BCUT2D eigenvalue weighted by Gasteiger charge is -2.15. The lowest BCUT2D eigenvalue weighted by atomic mass is 10.1. The third kappa shape index (κ3) is 3.35. The number of hydrogen-bond donors (Lipinski definition) is 0. The smallest absolute Gasteiger partial charge is 0.227 e. The van der Waals surface area contributed by atoms with Crippen LogP contribution in [0.2, 0.25) is 0 Å². The summed E-state index contributed by atoms with van der Waals surface area (Å²) in [6, 6.07) is 8.16. The standard InChI is InChI=1S/C21H23N5OS/c27-21-6-4-12-25(21)16-9-7-15(8-10-16)17-14-28-20(22-17)13-19-24-23-18-5-2-1-3-11-26(18)19/h7-10,14H,1-6,11-13H2. The summed E-state index contributed by atoms with van der Waals surface area (Å²) in [6.45, 7) is 1.84. The van der Waals surface area contributed by atoms with E-state index in [0.29, 0.717) is 6.42 Å². The van der Waals surface area contributed by atoms with Crippen LogP contribution in [0.4, 0.5) is 5.69 Å². The highest BCUT2D eigenvalue weighted by Crippen LogP contribution is 2.28. The van der Waals surface area contributed by atoms with Gasteiger partial charge in [-0.1, -0.05) is 18.6 Å². The van der Waals surface area contributed by atoms with Gasteiger partial charge in [-0.05, 0) is 31.4 Å². The van der Waals surface area contributed by atoms with Crippen molar-refractivity contribution < 1.29 is 4.79 Å². The van der Waals surface area contributed by atoms with E-state index in [1.165, 1.54) is 19.3 Å². The lowest BCUT2D eigenvalue weighted by molar-refractivity contribution is -0.117. The fraction of sp³-hybridized carbons (Fsp3) is 0.429. The number of rotatable bonds is 4. The molecular formula is C21H23N5OS. The predicted molar refractivity (Wildman–Crippen MR) is 110 cm³/mol. The first-order valence-corrected chi connectivity index (χ1v) is 10.9. The molecule has 7 heteroatoms. The molecule has 4 heterocycles. The van der Waals surface area contributed by atoms with Crippen molar-refractivity contribution in [2.75, 3.05) is 11.4 Å². The van der Waals surface area contributed by atoms with Crippen molar-refractivity contribution in [3.63, 3.8) is 0 Å². The Balaban J connectivity index is 1.32. The van der Waals surface area contributed by atoms with Gasteiger partial charge in [0, 0.05) is 42.6 Å². The zero-order valence-corrected chi connectivity index (χ0v) is 16.6. The maximum atomic E-state index is 11.9. The van der Waals surface area contributed by atoms with E-state index < -0.39 is 0 Å². The zero-order valence-electron chi connectivity index (χ0n) is 15.8. The Hall–Kier alpha value is -2.54. The summed E-state index contributed by atoms with van der Waals surface area (Å²) < 4.78 is 2.29. The van der Waals surface area contributed by atoms with Crippen molar-refractivity contribution in [1.29, 1.82) is 0 Å². The summed E-state index contributed by atoms with van der Waals surface area (Å²) in [5.74, 6) is 2.37. The first-order valence-electron chi connectivity index (χ1n) is 10.0. The van der Waals surface area contributed by atoms with E-state index in [9.17, 15) is 4.79 Å². The molecule has 0 spiro atoms. The molecule has 5 rings (SSSR count). The van der Waals surface area contributed by atoms with E-state index in [4.69, 9.17) is 4.98 Å². The average Bonchev–Trinajstić information content (AvgIpc) is 3.40. The van der Waals surface area contributed by atoms with Gasteiger partial charge < -0.3 is 9.47 Å². The van der Waals surface area contributed by atoms with Crippen LogP contribution in [0.3, 0.4) is 0 Å². The molecule has 0 saturated carbocycles. The minimum atomic E-state index is 0.219. The fourth-order valence-electron chi connectivity index (χ4n) is 4.07. The molecule has 1 saturated heterocycles. The van der Waals surface area contributed by atoms with E-state index in [-0.39, 0.29) is 5.91 Å². The van der Waals surface area contributed by atoms with E-state index in [2.05, 4.69) is 32.3 Å². The number of carbonyl (C=O) groups is 1. The van der Waals surface area contributed by atoms with E-state index in [1.54, 1.807) is 11.3 Å². The second-order valence-corrected chi connectivity index (χ2v) is 8.44. The van der Waals surface area contributed by atoms with Gasteiger partial charge in [-0.2, -0.15) is 0 Å². The molecule has 1 amide bonds. The first-order chi connectivity index (χ1) is 13.8. The molecule has 0 N–H and O–H groups in total. The summed E-state index contributed by atoms with van der Waals surface area (Å²) >= 11 is 1.67. The lowest BCUT2D eigenvalue weighted by Crippen LogP contribution is -2.23. The Labute approximate surface area is 168 Å². The number of benzene rings is 1. The van der Waals surface area contributed by atoms with Crippen LogP contribution in [0.15, 0.2) is 29.6 Å². The number of amides is 1. The molecule has 1 fully saturated rings. The van der Waals surface area contributed by atoms with Gasteiger partial charge in [0.05, 0.1) is 12.1 Å². The van der Waals surface area contributed by atoms with E-state index >= 15 is 0 Å². The third-order valence-electron chi connectivity index (χ3n) is 5.60. The predicted octanol–water partition coefficient (Wildman–Crippen LogP) is 3.85. The topological polar surface area (TPSA) is 63.9 Å². The minimum absolute atomic E-state index is 0.219. The molecule has 0 radical (unpaired) electrons. The van der Waals surface area contributed by atoms with Crippen LogP contribution >= 0.6 is 11.3 Å². The largest absolute Gasteiger partial charge is 0.315 e. The van der Waals surface area contributed by atoms with Crippen LogP contribution in [0.25, 0.3) is 11.3 Å². The number of fused-ring (bicyclic) bond motifs is 1. The van der Waals surface area contributed by atoms with Gasteiger partial charge >= 0.3 is 0 Å². The van der Waals surface area contributed by atoms with Crippen LogP contribution in [0.5, 0.6) is 0 Å². The van der Waals surface area contributed by atoms with Gasteiger partial charge in [-0.15, -0.1) is 21.5 Å². The van der Waals surface area contributed by atoms with Crippen molar-refractivity contribution in [2.45, 2.75) is 51.5 Å². The number of aromatic nitrogens is 4. The van der Waals surface area contributed by atoms with Crippen LogP contribution in [-0.4, -0.2) is 32.2 Å². The molecule has 0 aliphatic carbocycles. The fourth-order valence-corrected chi connectivity index (χ4v) is 4.87. The third-order valence-corrected chi connectivity index (χ3v) is 6.44. The van der Waals surface area contributed by atoms with Crippen LogP contribution in [-0.2, 0) is 24.2 Å². The maximum Gasteiger partial charge on any atom is 0.227 e. The summed E-state index contributed by atoms with van der Waals surface area (Å²) in [7, 11) is 0. The molecule has 28 heavy (non-hydrogen) atoms. The Morgan fingerprint density at radius 1 is 0.964 bits per heavy atom. The monoisotopic (exact) mass is 393 g/mol. The second-order valence-electron chi connectivity index (χ2n) is 7.49. The second kappa shape index (κ2) is 7.47. The number of thiazole rings is 1. The van der Waals surface area contributed by atoms with Crippen LogP contribution < -0.4 is 4.90 Å². The normalized spacial score (nSPS) is 17.0. The molecule has 3 aromatic rings. The summed E-state index contributed by atoms with van der Waals surface area (Å²) in [6.07, 6.45) is 7.04. The van der Waals surface area contributed by atoms with Crippen molar-refractivity contribution >= 4 is 22.9 Å². The van der Waals surface area contributed by atoms with Gasteiger partial charge in [-0.3, -0.25) is 4.79 Å². The molecule has 2 aliphatic rings. The highest BCUT2D eigenvalue weighted by atomic mass is 32.1. The molecule has 0 bridgehead atoms. The molecule has 144 valence electrons. The van der Waals surface area contributed by atoms with Crippen molar-refractivity contribution in [3.8, 4) is 11.3 Å². The maximum absolute atomic E-state index is 11.9. The summed E-state index contributed by atoms with van der Waals surface area (Å²) in [5.41, 5.74) is 3.04. The van der Waals surface area contributed by atoms with Gasteiger partial charge in [0.1, 0.15) is 16.7 Å². The van der Waals surface area contributed by atoms with E-state index in [0.717, 1.165) is 66.0 Å². The molecule has 2 aromatic heterocycles. The molecule has 0 unspecified atom stereocenters. The minimum Gasteiger partial charge on any atom is -0.315 e.